The van der Waals surface area contributed by atoms with Crippen LogP contribution in [0.4, 0.5) is 11.5 Å². The van der Waals surface area contributed by atoms with Crippen LogP contribution in [-0.2, 0) is 41.6 Å². The Labute approximate surface area is 415 Å². The first kappa shape index (κ1) is 49.5. The Bertz CT molecular complexity index is 2750. The SMILES string of the molecule is NC(=O)c1c(-c2ccc(Oc3ccccc3)cc2)nn2c1NCC[C@H]2C1CCN(C(=O)CCCc2cn(CCOCCOCCOCCNc3cccc4c3C(=O)N(C3CCC(=O)NC3=O)C4=O)nn2)CC1. The molecule has 6 amide bonds. The Morgan fingerprint density at radius 1 is 0.806 bits per heavy atom. The number of benzene rings is 3. The molecule has 2 aromatic heterocycles. The van der Waals surface area contributed by atoms with Gasteiger partial charge in [0.2, 0.25) is 17.7 Å². The fraction of sp³-hybridized carbons (Fsp3) is 0.431. The number of hydrogen-bond donors (Lipinski definition) is 4. The Hall–Kier alpha value is -7.49. The normalized spacial score (nSPS) is 17.9. The highest BCUT2D eigenvalue weighted by Crippen LogP contribution is 2.40. The zero-order valence-electron chi connectivity index (χ0n) is 40.0. The van der Waals surface area contributed by atoms with E-state index in [2.05, 4.69) is 26.3 Å². The van der Waals surface area contributed by atoms with Gasteiger partial charge in [-0.1, -0.05) is 29.5 Å². The van der Waals surface area contributed by atoms with Crippen LogP contribution in [0.15, 0.2) is 79.0 Å². The second-order valence-electron chi connectivity index (χ2n) is 18.1. The number of hydrogen-bond acceptors (Lipinski definition) is 15. The van der Waals surface area contributed by atoms with Crippen molar-refractivity contribution >= 4 is 46.9 Å². The van der Waals surface area contributed by atoms with Crippen molar-refractivity contribution in [2.24, 2.45) is 11.7 Å². The van der Waals surface area contributed by atoms with E-state index >= 15 is 0 Å². The predicted molar refractivity (Wildman–Crippen MR) is 261 cm³/mol. The zero-order chi connectivity index (χ0) is 50.0. The molecule has 1 unspecified atom stereocenters. The molecule has 4 aliphatic rings. The number of fused-ring (bicyclic) bond motifs is 2. The molecular formula is C51H59N11O10. The number of piperidine rings is 2. The third-order valence-corrected chi connectivity index (χ3v) is 13.4. The lowest BCUT2D eigenvalue weighted by Crippen LogP contribution is -2.54. The van der Waals surface area contributed by atoms with Crippen LogP contribution in [0.1, 0.15) is 87.8 Å². The maximum atomic E-state index is 13.3. The highest BCUT2D eigenvalue weighted by Gasteiger charge is 2.45. The lowest BCUT2D eigenvalue weighted by molar-refractivity contribution is -0.136. The van der Waals surface area contributed by atoms with Crippen molar-refractivity contribution in [1.82, 2.24) is 39.9 Å². The van der Waals surface area contributed by atoms with Crippen LogP contribution >= 0.6 is 0 Å². The number of nitrogens with two attached hydrogens (primary N) is 1. The molecule has 0 bridgehead atoms. The molecule has 5 N–H and O–H groups in total. The third kappa shape index (κ3) is 11.5. The van der Waals surface area contributed by atoms with Crippen LogP contribution < -0.4 is 26.4 Å². The summed E-state index contributed by atoms with van der Waals surface area (Å²) in [6.45, 7) is 5.16. The standard InChI is InChI=1S/C51H59N11O10/c52-47(65)45-46(34-12-14-37(15-13-34)72-36-7-2-1-3-8-36)57-62-40(18-21-54-48(45)62)33-19-23-59(24-20-33)43(64)11-4-6-35-32-60(58-56-35)25-27-70-29-31-71-30-28-69-26-22-53-39-10-5-9-38-44(39)51(68)61(50(38)67)41-16-17-42(63)55-49(41)66/h1-3,5,7-10,12-15,32-33,40-41,53-54H,4,6,11,16-31H2,(H2,52,65)(H,55,63,66)/t40-,41?/m0/s1. The number of amides is 6. The minimum atomic E-state index is -1.03. The number of rotatable bonds is 23. The van der Waals surface area contributed by atoms with Crippen molar-refractivity contribution in [2.45, 2.75) is 70.0 Å². The molecule has 21 nitrogen and oxygen atoms in total. The molecule has 2 atom stereocenters. The van der Waals surface area contributed by atoms with E-state index in [1.165, 1.54) is 0 Å². The van der Waals surface area contributed by atoms with E-state index in [-0.39, 0.29) is 41.8 Å². The first-order chi connectivity index (χ1) is 35.1. The molecule has 72 heavy (non-hydrogen) atoms. The molecule has 9 rings (SSSR count). The average Bonchev–Trinajstić information content (AvgIpc) is 4.09. The van der Waals surface area contributed by atoms with Gasteiger partial charge >= 0.3 is 0 Å². The molecule has 2 saturated heterocycles. The number of ether oxygens (including phenoxy) is 4. The molecule has 2 fully saturated rings. The minimum Gasteiger partial charge on any atom is -0.457 e. The Morgan fingerprint density at radius 2 is 1.54 bits per heavy atom. The van der Waals surface area contributed by atoms with Crippen molar-refractivity contribution in [3.05, 3.63) is 101 Å². The largest absolute Gasteiger partial charge is 0.457 e. The fourth-order valence-corrected chi connectivity index (χ4v) is 9.78. The van der Waals surface area contributed by atoms with Gasteiger partial charge in [-0.3, -0.25) is 39.0 Å². The van der Waals surface area contributed by atoms with Crippen LogP contribution in [0.2, 0.25) is 0 Å². The lowest BCUT2D eigenvalue weighted by atomic mass is 9.86. The number of aryl methyl sites for hydroxylation is 1. The molecular weight excluding hydrogens is 927 g/mol. The van der Waals surface area contributed by atoms with E-state index in [0.717, 1.165) is 41.2 Å². The molecule has 21 heteroatoms. The fourth-order valence-electron chi connectivity index (χ4n) is 9.78. The van der Waals surface area contributed by atoms with Crippen LogP contribution in [0.5, 0.6) is 11.5 Å². The quantitative estimate of drug-likeness (QED) is 0.0528. The monoisotopic (exact) mass is 985 g/mol. The lowest BCUT2D eigenvalue weighted by Gasteiger charge is -2.38. The van der Waals surface area contributed by atoms with Gasteiger partial charge in [0.25, 0.3) is 17.7 Å². The summed E-state index contributed by atoms with van der Waals surface area (Å²) in [5.74, 6) is -0.266. The van der Waals surface area contributed by atoms with Crippen LogP contribution in [0.25, 0.3) is 11.3 Å². The molecule has 3 aromatic carbocycles. The van der Waals surface area contributed by atoms with Gasteiger partial charge in [-0.2, -0.15) is 5.10 Å². The van der Waals surface area contributed by atoms with E-state index in [9.17, 15) is 28.8 Å². The van der Waals surface area contributed by atoms with Crippen LogP contribution in [0, 0.1) is 5.92 Å². The summed E-state index contributed by atoms with van der Waals surface area (Å²) in [6, 6.07) is 21.0. The Morgan fingerprint density at radius 3 is 2.29 bits per heavy atom. The average molecular weight is 986 g/mol. The number of carbonyl (C=O) groups excluding carboxylic acids is 6. The molecule has 378 valence electrons. The summed E-state index contributed by atoms with van der Waals surface area (Å²) in [5, 5.41) is 22.2. The molecule has 0 radical (unpaired) electrons. The van der Waals surface area contributed by atoms with Gasteiger partial charge in [0.15, 0.2) is 0 Å². The summed E-state index contributed by atoms with van der Waals surface area (Å²) in [4.78, 5) is 79.3. The number of imide groups is 2. The maximum absolute atomic E-state index is 13.3. The van der Waals surface area contributed by atoms with Crippen molar-refractivity contribution in [3.8, 4) is 22.8 Å². The minimum absolute atomic E-state index is 0.0549. The van der Waals surface area contributed by atoms with Crippen molar-refractivity contribution < 1.29 is 47.7 Å². The molecule has 0 saturated carbocycles. The van der Waals surface area contributed by atoms with Crippen LogP contribution in [0.3, 0.4) is 0 Å². The summed E-state index contributed by atoms with van der Waals surface area (Å²) in [5.41, 5.74) is 9.34. The molecule has 0 aliphatic carbocycles. The number of anilines is 2. The number of para-hydroxylation sites is 1. The molecule has 4 aliphatic heterocycles. The first-order valence-electron chi connectivity index (χ1n) is 24.6. The number of primary amides is 1. The summed E-state index contributed by atoms with van der Waals surface area (Å²) in [7, 11) is 0. The predicted octanol–water partition coefficient (Wildman–Crippen LogP) is 4.21. The Balaban J connectivity index is 0.622. The second kappa shape index (κ2) is 23.2. The third-order valence-electron chi connectivity index (χ3n) is 13.4. The topological polar surface area (TPSA) is 256 Å². The van der Waals surface area contributed by atoms with Gasteiger partial charge in [-0.05, 0) is 93.0 Å². The summed E-state index contributed by atoms with van der Waals surface area (Å²) < 4.78 is 26.6. The molecule has 5 aromatic rings. The van der Waals surface area contributed by atoms with E-state index in [4.69, 9.17) is 29.8 Å². The van der Waals surface area contributed by atoms with E-state index < -0.39 is 35.6 Å². The number of likely N-dealkylation sites (tertiary alicyclic amines) is 1. The second-order valence-corrected chi connectivity index (χ2v) is 18.1. The smallest absolute Gasteiger partial charge is 0.264 e. The zero-order valence-corrected chi connectivity index (χ0v) is 40.0. The Kier molecular flexibility index (Phi) is 15.9. The van der Waals surface area contributed by atoms with Gasteiger partial charge < -0.3 is 40.2 Å². The first-order valence-corrected chi connectivity index (χ1v) is 24.6. The molecule has 6 heterocycles. The van der Waals surface area contributed by atoms with E-state index in [0.29, 0.717) is 120 Å². The highest BCUT2D eigenvalue weighted by atomic mass is 16.5. The van der Waals surface area contributed by atoms with Crippen molar-refractivity contribution in [3.63, 3.8) is 0 Å². The van der Waals surface area contributed by atoms with E-state index in [1.807, 2.05) is 70.4 Å². The van der Waals surface area contributed by atoms with Crippen LogP contribution in [-0.4, -0.2) is 142 Å². The van der Waals surface area contributed by atoms with Gasteiger partial charge in [-0.25, -0.2) is 9.36 Å². The van der Waals surface area contributed by atoms with Gasteiger partial charge in [0, 0.05) is 56.5 Å². The van der Waals surface area contributed by atoms with Crippen molar-refractivity contribution in [1.29, 1.82) is 0 Å². The van der Waals surface area contributed by atoms with Crippen molar-refractivity contribution in [2.75, 3.05) is 76.5 Å². The molecule has 0 spiro atoms. The number of aromatic nitrogens is 5. The van der Waals surface area contributed by atoms with Gasteiger partial charge in [-0.15, -0.1) is 5.10 Å². The van der Waals surface area contributed by atoms with E-state index in [1.54, 1.807) is 22.9 Å². The summed E-state index contributed by atoms with van der Waals surface area (Å²) >= 11 is 0. The summed E-state index contributed by atoms with van der Waals surface area (Å²) in [6.07, 6.45) is 6.29. The van der Waals surface area contributed by atoms with Gasteiger partial charge in [0.05, 0.1) is 69.0 Å². The van der Waals surface area contributed by atoms with Gasteiger partial charge in [0.1, 0.15) is 34.6 Å². The number of nitrogens with one attached hydrogen (secondary N) is 3. The highest BCUT2D eigenvalue weighted by molar-refractivity contribution is 6.25. The number of carbonyl (C=O) groups is 6. The maximum Gasteiger partial charge on any atom is 0.264 e. The number of nitrogens with zero attached hydrogens (tertiary/aromatic N) is 7.